The first kappa shape index (κ1) is 10.9. The minimum Gasteiger partial charge on any atom is -0.322 e. The van der Waals surface area contributed by atoms with Crippen LogP contribution in [0.2, 0.25) is 0 Å². The molecule has 0 atom stereocenters. The van der Waals surface area contributed by atoms with E-state index in [1.807, 2.05) is 0 Å². The van der Waals surface area contributed by atoms with Gasteiger partial charge < -0.3 is 10.2 Å². The van der Waals surface area contributed by atoms with Crippen LogP contribution < -0.4 is 5.32 Å². The molecule has 0 saturated carbocycles. The second-order valence-corrected chi connectivity index (χ2v) is 3.49. The van der Waals surface area contributed by atoms with Crippen molar-refractivity contribution >= 4 is 23.1 Å². The number of carbonyl (C=O) groups is 1. The fourth-order valence-electron chi connectivity index (χ4n) is 0.844. The Kier molecular flexibility index (Phi) is 3.82. The van der Waals surface area contributed by atoms with Gasteiger partial charge >= 0.3 is 6.03 Å². The fourth-order valence-corrected chi connectivity index (χ4v) is 1.43. The van der Waals surface area contributed by atoms with E-state index in [-0.39, 0.29) is 0 Å². The van der Waals surface area contributed by atoms with Crippen molar-refractivity contribution < 1.29 is 13.6 Å². The van der Waals surface area contributed by atoms with Gasteiger partial charge in [0.1, 0.15) is 0 Å². The van der Waals surface area contributed by atoms with Crippen LogP contribution in [0.4, 0.5) is 19.3 Å². The summed E-state index contributed by atoms with van der Waals surface area (Å²) < 4.78 is 23.8. The van der Waals surface area contributed by atoms with Crippen LogP contribution in [0.3, 0.4) is 0 Å². The van der Waals surface area contributed by atoms with Gasteiger partial charge in [0.2, 0.25) is 0 Å². The van der Waals surface area contributed by atoms with Crippen LogP contribution in [0.15, 0.2) is 16.8 Å². The predicted octanol–water partition coefficient (Wildman–Crippen LogP) is 2.48. The predicted molar refractivity (Wildman–Crippen MR) is 52.0 cm³/mol. The lowest BCUT2D eigenvalue weighted by Gasteiger charge is -2.16. The van der Waals surface area contributed by atoms with Gasteiger partial charge in [0.25, 0.3) is 6.43 Å². The molecule has 3 nitrogen and oxygen atoms in total. The van der Waals surface area contributed by atoms with Gasteiger partial charge in [-0.1, -0.05) is 0 Å². The number of hydrogen-bond donors (Lipinski definition) is 1. The second kappa shape index (κ2) is 4.90. The summed E-state index contributed by atoms with van der Waals surface area (Å²) in [6.45, 7) is -0.560. The molecule has 0 aliphatic heterocycles. The Bertz CT molecular complexity index is 290. The van der Waals surface area contributed by atoms with E-state index >= 15 is 0 Å². The molecule has 14 heavy (non-hydrogen) atoms. The zero-order chi connectivity index (χ0) is 10.6. The molecule has 0 aliphatic carbocycles. The van der Waals surface area contributed by atoms with Crippen molar-refractivity contribution in [3.8, 4) is 0 Å². The number of nitrogens with one attached hydrogen (secondary N) is 1. The van der Waals surface area contributed by atoms with Gasteiger partial charge in [0, 0.05) is 12.4 Å². The lowest BCUT2D eigenvalue weighted by molar-refractivity contribution is 0.111. The molecular weight excluding hydrogens is 210 g/mol. The molecule has 0 bridgehead atoms. The monoisotopic (exact) mass is 220 g/mol. The molecule has 1 aromatic rings. The van der Waals surface area contributed by atoms with Crippen LogP contribution in [0.25, 0.3) is 0 Å². The van der Waals surface area contributed by atoms with Crippen LogP contribution in [-0.4, -0.2) is 30.9 Å². The highest BCUT2D eigenvalue weighted by atomic mass is 32.1. The van der Waals surface area contributed by atoms with Gasteiger partial charge in [0.05, 0.1) is 12.2 Å². The molecule has 2 amide bonds. The minimum atomic E-state index is -2.51. The second-order valence-electron chi connectivity index (χ2n) is 2.71. The van der Waals surface area contributed by atoms with E-state index in [4.69, 9.17) is 0 Å². The smallest absolute Gasteiger partial charge is 0.321 e. The molecule has 0 aromatic carbocycles. The zero-order valence-electron chi connectivity index (χ0n) is 7.54. The number of rotatable bonds is 3. The molecule has 1 aromatic heterocycles. The van der Waals surface area contributed by atoms with E-state index in [0.717, 1.165) is 4.90 Å². The summed E-state index contributed by atoms with van der Waals surface area (Å²) in [6.07, 6.45) is -2.51. The zero-order valence-corrected chi connectivity index (χ0v) is 8.35. The summed E-state index contributed by atoms with van der Waals surface area (Å²) in [5, 5.41) is 6.02. The van der Waals surface area contributed by atoms with Crippen molar-refractivity contribution in [1.82, 2.24) is 4.90 Å². The summed E-state index contributed by atoms with van der Waals surface area (Å²) in [5.41, 5.74) is 0.626. The Balaban J connectivity index is 2.42. The first-order valence-corrected chi connectivity index (χ1v) is 4.86. The lowest BCUT2D eigenvalue weighted by Crippen LogP contribution is -2.34. The van der Waals surface area contributed by atoms with Gasteiger partial charge in [-0.15, -0.1) is 0 Å². The molecule has 0 unspecified atom stereocenters. The summed E-state index contributed by atoms with van der Waals surface area (Å²) in [7, 11) is 1.33. The van der Waals surface area contributed by atoms with E-state index in [1.165, 1.54) is 18.4 Å². The van der Waals surface area contributed by atoms with Crippen molar-refractivity contribution in [2.45, 2.75) is 6.43 Å². The number of thiophene rings is 1. The number of hydrogen-bond acceptors (Lipinski definition) is 2. The maximum atomic E-state index is 11.9. The number of alkyl halides is 2. The van der Waals surface area contributed by atoms with Gasteiger partial charge in [-0.05, 0) is 11.4 Å². The SMILES string of the molecule is CN(CC(F)F)C(=O)Nc1ccsc1. The average molecular weight is 220 g/mol. The van der Waals surface area contributed by atoms with E-state index in [9.17, 15) is 13.6 Å². The van der Waals surface area contributed by atoms with Crippen molar-refractivity contribution in [2.75, 3.05) is 18.9 Å². The van der Waals surface area contributed by atoms with Crippen LogP contribution >= 0.6 is 11.3 Å². The number of anilines is 1. The average Bonchev–Trinajstić information content (AvgIpc) is 2.55. The lowest BCUT2D eigenvalue weighted by atomic mass is 10.5. The molecule has 0 saturated heterocycles. The molecular formula is C8H10F2N2OS. The molecule has 0 fully saturated rings. The van der Waals surface area contributed by atoms with Crippen LogP contribution in [-0.2, 0) is 0 Å². The van der Waals surface area contributed by atoms with Gasteiger partial charge in [-0.2, -0.15) is 11.3 Å². The van der Waals surface area contributed by atoms with Gasteiger partial charge in [0.15, 0.2) is 0 Å². The number of halogens is 2. The highest BCUT2D eigenvalue weighted by Gasteiger charge is 2.13. The highest BCUT2D eigenvalue weighted by Crippen LogP contribution is 2.12. The summed E-state index contributed by atoms with van der Waals surface area (Å²) in [5.74, 6) is 0. The third kappa shape index (κ3) is 3.29. The van der Waals surface area contributed by atoms with Crippen molar-refractivity contribution in [3.63, 3.8) is 0 Å². The van der Waals surface area contributed by atoms with Crippen LogP contribution in [0.5, 0.6) is 0 Å². The summed E-state index contributed by atoms with van der Waals surface area (Å²) in [4.78, 5) is 12.2. The molecule has 0 aliphatic rings. The minimum absolute atomic E-state index is 0.524. The highest BCUT2D eigenvalue weighted by molar-refractivity contribution is 7.08. The van der Waals surface area contributed by atoms with E-state index < -0.39 is 19.0 Å². The number of nitrogens with zero attached hydrogens (tertiary/aromatic N) is 1. The molecule has 0 radical (unpaired) electrons. The molecule has 78 valence electrons. The normalized spacial score (nSPS) is 10.3. The third-order valence-electron chi connectivity index (χ3n) is 1.53. The Morgan fingerprint density at radius 1 is 1.71 bits per heavy atom. The van der Waals surface area contributed by atoms with E-state index in [1.54, 1.807) is 16.8 Å². The maximum absolute atomic E-state index is 11.9. The molecule has 0 spiro atoms. The fraction of sp³-hybridized carbons (Fsp3) is 0.375. The number of carbonyl (C=O) groups excluding carboxylic acids is 1. The van der Waals surface area contributed by atoms with Crippen molar-refractivity contribution in [2.24, 2.45) is 0 Å². The summed E-state index contributed by atoms with van der Waals surface area (Å²) in [6, 6.07) is 1.18. The summed E-state index contributed by atoms with van der Waals surface area (Å²) >= 11 is 1.43. The van der Waals surface area contributed by atoms with Crippen molar-refractivity contribution in [3.05, 3.63) is 16.8 Å². The molecule has 1 heterocycles. The molecule has 6 heteroatoms. The topological polar surface area (TPSA) is 32.3 Å². The van der Waals surface area contributed by atoms with Crippen LogP contribution in [0, 0.1) is 0 Å². The standard InChI is InChI=1S/C8H10F2N2OS/c1-12(4-7(9)10)8(13)11-6-2-3-14-5-6/h2-3,5,7H,4H2,1H3,(H,11,13). The van der Waals surface area contributed by atoms with Gasteiger partial charge in [-0.25, -0.2) is 13.6 Å². The first-order valence-electron chi connectivity index (χ1n) is 3.92. The Morgan fingerprint density at radius 3 is 2.93 bits per heavy atom. The molecule has 1 rings (SSSR count). The molecule has 1 N–H and O–H groups in total. The number of amides is 2. The quantitative estimate of drug-likeness (QED) is 0.833. The van der Waals surface area contributed by atoms with E-state index in [2.05, 4.69) is 5.32 Å². The van der Waals surface area contributed by atoms with Crippen molar-refractivity contribution in [1.29, 1.82) is 0 Å². The Labute approximate surface area is 84.3 Å². The van der Waals surface area contributed by atoms with E-state index in [0.29, 0.717) is 5.69 Å². The van der Waals surface area contributed by atoms with Gasteiger partial charge in [-0.3, -0.25) is 0 Å². The largest absolute Gasteiger partial charge is 0.322 e. The number of urea groups is 1. The third-order valence-corrected chi connectivity index (χ3v) is 2.21. The van der Waals surface area contributed by atoms with Crippen LogP contribution in [0.1, 0.15) is 0 Å². The maximum Gasteiger partial charge on any atom is 0.321 e. The first-order chi connectivity index (χ1) is 6.59. The Hall–Kier alpha value is -1.17. The Morgan fingerprint density at radius 2 is 2.43 bits per heavy atom.